The second-order valence-corrected chi connectivity index (χ2v) is 5.77. The van der Waals surface area contributed by atoms with Crippen molar-refractivity contribution in [2.75, 3.05) is 13.7 Å². The number of nitrogens with zero attached hydrogens (tertiary/aromatic N) is 2. The number of thiazole rings is 1. The molecule has 1 heterocycles. The van der Waals surface area contributed by atoms with Gasteiger partial charge in [-0.1, -0.05) is 24.3 Å². The first-order chi connectivity index (χ1) is 11.3. The molecule has 23 heavy (non-hydrogen) atoms. The molecule has 0 aliphatic carbocycles. The summed E-state index contributed by atoms with van der Waals surface area (Å²) in [6.45, 7) is 4.36. The number of aromatic nitrogens is 1. The van der Waals surface area contributed by atoms with Gasteiger partial charge in [0.25, 0.3) is 0 Å². The third kappa shape index (κ3) is 3.27. The van der Waals surface area contributed by atoms with Crippen LogP contribution in [0.5, 0.6) is 5.75 Å². The van der Waals surface area contributed by atoms with Gasteiger partial charge in [-0.05, 0) is 42.0 Å². The molecule has 0 atom stereocenters. The van der Waals surface area contributed by atoms with Gasteiger partial charge in [-0.2, -0.15) is 0 Å². The number of rotatable bonds is 5. The number of benzene rings is 2. The fourth-order valence-corrected chi connectivity index (χ4v) is 3.27. The van der Waals surface area contributed by atoms with Crippen molar-refractivity contribution in [1.29, 1.82) is 0 Å². The molecule has 2 aromatic carbocycles. The molecule has 0 aliphatic heterocycles. The van der Waals surface area contributed by atoms with E-state index in [1.54, 1.807) is 18.4 Å². The van der Waals surface area contributed by atoms with Crippen LogP contribution >= 0.6 is 11.3 Å². The summed E-state index contributed by atoms with van der Waals surface area (Å²) in [4.78, 5) is 5.58. The van der Waals surface area contributed by atoms with E-state index in [1.807, 2.05) is 36.4 Å². The zero-order valence-corrected chi connectivity index (χ0v) is 13.8. The highest BCUT2D eigenvalue weighted by atomic mass is 32.1. The van der Waals surface area contributed by atoms with Gasteiger partial charge < -0.3 is 4.74 Å². The molecule has 116 valence electrons. The maximum Gasteiger partial charge on any atom is 0.190 e. The van der Waals surface area contributed by atoms with E-state index in [9.17, 15) is 0 Å². The molecule has 3 nitrogen and oxygen atoms in total. The molecule has 0 N–H and O–H groups in total. The Kier molecular flexibility index (Phi) is 4.74. The van der Waals surface area contributed by atoms with Crippen LogP contribution in [0.1, 0.15) is 0 Å². The van der Waals surface area contributed by atoms with E-state index in [0.717, 1.165) is 27.5 Å². The maximum atomic E-state index is 5.24. The van der Waals surface area contributed by atoms with Crippen LogP contribution in [-0.2, 0) is 0 Å². The van der Waals surface area contributed by atoms with Crippen LogP contribution in [-0.4, -0.2) is 18.2 Å². The summed E-state index contributed by atoms with van der Waals surface area (Å²) in [5.74, 6) is 0.854. The van der Waals surface area contributed by atoms with Gasteiger partial charge in [-0.3, -0.25) is 9.56 Å². The van der Waals surface area contributed by atoms with Crippen molar-refractivity contribution in [3.05, 3.63) is 77.4 Å². The van der Waals surface area contributed by atoms with E-state index in [1.165, 1.54) is 0 Å². The van der Waals surface area contributed by atoms with Crippen LogP contribution in [0.15, 0.2) is 77.6 Å². The molecular weight excluding hydrogens is 304 g/mol. The predicted octanol–water partition coefficient (Wildman–Crippen LogP) is 4.30. The minimum atomic E-state index is 0.607. The van der Waals surface area contributed by atoms with Gasteiger partial charge in [0.1, 0.15) is 5.75 Å². The zero-order chi connectivity index (χ0) is 16.1. The molecular formula is C19H18N2OS. The minimum absolute atomic E-state index is 0.607. The minimum Gasteiger partial charge on any atom is -0.497 e. The Balaban J connectivity index is 2.17. The summed E-state index contributed by atoms with van der Waals surface area (Å²) < 4.78 is 7.42. The highest BCUT2D eigenvalue weighted by molar-refractivity contribution is 7.07. The first kappa shape index (κ1) is 15.3. The lowest BCUT2D eigenvalue weighted by Gasteiger charge is -2.09. The Morgan fingerprint density at radius 1 is 1.13 bits per heavy atom. The van der Waals surface area contributed by atoms with Crippen LogP contribution < -0.4 is 9.54 Å². The van der Waals surface area contributed by atoms with Crippen LogP contribution in [0.3, 0.4) is 0 Å². The molecule has 0 amide bonds. The summed E-state index contributed by atoms with van der Waals surface area (Å²) in [6, 6.07) is 18.4. The Bertz CT molecular complexity index is 845. The summed E-state index contributed by atoms with van der Waals surface area (Å²) in [5, 5.41) is 2.14. The van der Waals surface area contributed by atoms with Gasteiger partial charge in [-0.25, -0.2) is 0 Å². The number of hydrogen-bond acceptors (Lipinski definition) is 3. The Morgan fingerprint density at radius 3 is 2.52 bits per heavy atom. The molecule has 0 fully saturated rings. The summed E-state index contributed by atoms with van der Waals surface area (Å²) >= 11 is 1.63. The zero-order valence-electron chi connectivity index (χ0n) is 13.0. The molecule has 3 aromatic rings. The van der Waals surface area contributed by atoms with E-state index in [4.69, 9.17) is 4.74 Å². The van der Waals surface area contributed by atoms with Gasteiger partial charge in [0.15, 0.2) is 4.80 Å². The fourth-order valence-electron chi connectivity index (χ4n) is 2.35. The van der Waals surface area contributed by atoms with Crippen molar-refractivity contribution in [3.8, 4) is 22.7 Å². The number of methoxy groups -OCH3 is 1. The van der Waals surface area contributed by atoms with Crippen molar-refractivity contribution < 1.29 is 4.74 Å². The SMILES string of the molecule is C=CCN=c1scc(-c2ccc(OC)cc2)n1-c1ccccc1. The smallest absolute Gasteiger partial charge is 0.190 e. The quantitative estimate of drug-likeness (QED) is 0.643. The van der Waals surface area contributed by atoms with Crippen LogP contribution in [0.2, 0.25) is 0 Å². The first-order valence-corrected chi connectivity index (χ1v) is 8.23. The van der Waals surface area contributed by atoms with E-state index in [0.29, 0.717) is 6.54 Å². The van der Waals surface area contributed by atoms with Crippen LogP contribution in [0.4, 0.5) is 0 Å². The lowest BCUT2D eigenvalue weighted by molar-refractivity contribution is 0.415. The van der Waals surface area contributed by atoms with E-state index in [2.05, 4.69) is 45.8 Å². The second kappa shape index (κ2) is 7.11. The Morgan fingerprint density at radius 2 is 1.87 bits per heavy atom. The van der Waals surface area contributed by atoms with Gasteiger partial charge in [-0.15, -0.1) is 17.9 Å². The molecule has 0 saturated heterocycles. The van der Waals surface area contributed by atoms with Gasteiger partial charge in [0, 0.05) is 11.1 Å². The molecule has 0 aliphatic rings. The fraction of sp³-hybridized carbons (Fsp3) is 0.105. The number of para-hydroxylation sites is 1. The normalized spacial score (nSPS) is 11.4. The molecule has 4 heteroatoms. The van der Waals surface area contributed by atoms with Crippen molar-refractivity contribution >= 4 is 11.3 Å². The summed E-state index contributed by atoms with van der Waals surface area (Å²) in [5.41, 5.74) is 3.35. The monoisotopic (exact) mass is 322 g/mol. The second-order valence-electron chi connectivity index (χ2n) is 4.93. The molecule has 0 unspecified atom stereocenters. The lowest BCUT2D eigenvalue weighted by atomic mass is 10.1. The number of ether oxygens (including phenoxy) is 1. The molecule has 0 spiro atoms. The lowest BCUT2D eigenvalue weighted by Crippen LogP contribution is -2.14. The molecule has 0 bridgehead atoms. The maximum absolute atomic E-state index is 5.24. The topological polar surface area (TPSA) is 26.5 Å². The van der Waals surface area contributed by atoms with E-state index < -0.39 is 0 Å². The Labute approximate surface area is 139 Å². The van der Waals surface area contributed by atoms with Crippen molar-refractivity contribution in [2.24, 2.45) is 4.99 Å². The molecule has 3 rings (SSSR count). The summed E-state index contributed by atoms with van der Waals surface area (Å²) in [7, 11) is 1.68. The van der Waals surface area contributed by atoms with Crippen molar-refractivity contribution in [1.82, 2.24) is 4.57 Å². The largest absolute Gasteiger partial charge is 0.497 e. The van der Waals surface area contributed by atoms with Gasteiger partial charge >= 0.3 is 0 Å². The predicted molar refractivity (Wildman–Crippen MR) is 96.3 cm³/mol. The third-order valence-electron chi connectivity index (χ3n) is 3.46. The molecule has 0 saturated carbocycles. The van der Waals surface area contributed by atoms with Gasteiger partial charge in [0.2, 0.25) is 0 Å². The highest BCUT2D eigenvalue weighted by Crippen LogP contribution is 2.25. The van der Waals surface area contributed by atoms with Gasteiger partial charge in [0.05, 0.1) is 19.3 Å². The molecule has 1 aromatic heterocycles. The summed E-state index contributed by atoms with van der Waals surface area (Å²) in [6.07, 6.45) is 1.81. The van der Waals surface area contributed by atoms with Crippen molar-refractivity contribution in [2.45, 2.75) is 0 Å². The highest BCUT2D eigenvalue weighted by Gasteiger charge is 2.09. The Hall–Kier alpha value is -2.59. The van der Waals surface area contributed by atoms with Crippen molar-refractivity contribution in [3.63, 3.8) is 0 Å². The molecule has 0 radical (unpaired) electrons. The van der Waals surface area contributed by atoms with Crippen LogP contribution in [0, 0.1) is 0 Å². The van der Waals surface area contributed by atoms with E-state index in [-0.39, 0.29) is 0 Å². The van der Waals surface area contributed by atoms with E-state index >= 15 is 0 Å². The average Bonchev–Trinajstić information content (AvgIpc) is 3.04. The number of hydrogen-bond donors (Lipinski definition) is 0. The standard InChI is InChI=1S/C19H18N2OS/c1-3-13-20-19-21(16-7-5-4-6-8-16)18(14-23-19)15-9-11-17(22-2)12-10-15/h3-12,14H,1,13H2,2H3. The van der Waals surface area contributed by atoms with Crippen LogP contribution in [0.25, 0.3) is 16.9 Å². The first-order valence-electron chi connectivity index (χ1n) is 7.35. The third-order valence-corrected chi connectivity index (χ3v) is 4.33. The average molecular weight is 322 g/mol.